The van der Waals surface area contributed by atoms with Crippen LogP contribution in [0.2, 0.25) is 0 Å². The minimum Gasteiger partial charge on any atom is -0.372 e. The van der Waals surface area contributed by atoms with E-state index in [1.165, 1.54) is 11.3 Å². The molecule has 0 spiro atoms. The van der Waals surface area contributed by atoms with Gasteiger partial charge in [-0.3, -0.25) is 0 Å². The smallest absolute Gasteiger partial charge is 0.152 e. The maximum absolute atomic E-state index is 4.47. The van der Waals surface area contributed by atoms with E-state index in [-0.39, 0.29) is 0 Å². The largest absolute Gasteiger partial charge is 0.372 e. The van der Waals surface area contributed by atoms with E-state index in [0.717, 1.165) is 29.1 Å². The molecule has 1 aliphatic heterocycles. The van der Waals surface area contributed by atoms with Crippen molar-refractivity contribution in [2.24, 2.45) is 5.92 Å². The zero-order valence-corrected chi connectivity index (χ0v) is 13.2. The van der Waals surface area contributed by atoms with Crippen molar-refractivity contribution in [1.29, 1.82) is 0 Å². The Morgan fingerprint density at radius 3 is 2.90 bits per heavy atom. The number of benzene rings is 1. The third kappa shape index (κ3) is 2.26. The maximum Gasteiger partial charge on any atom is 0.152 e. The summed E-state index contributed by atoms with van der Waals surface area (Å²) in [6, 6.07) is 8.54. The molecule has 0 fully saturated rings. The average molecular weight is 333 g/mol. The molecule has 2 heterocycles. The highest BCUT2D eigenvalue weighted by Gasteiger charge is 2.25. The van der Waals surface area contributed by atoms with Gasteiger partial charge in [-0.05, 0) is 39.9 Å². The molecule has 20 heavy (non-hydrogen) atoms. The Morgan fingerprint density at radius 2 is 2.10 bits per heavy atom. The highest BCUT2D eigenvalue weighted by atomic mass is 79.9. The molecule has 0 saturated heterocycles. The van der Waals surface area contributed by atoms with Gasteiger partial charge in [0.25, 0.3) is 0 Å². The fraction of sp³-hybridized carbons (Fsp3) is 0.333. The van der Waals surface area contributed by atoms with Gasteiger partial charge in [0, 0.05) is 19.3 Å². The first-order valence-electron chi connectivity index (χ1n) is 6.74. The summed E-state index contributed by atoms with van der Waals surface area (Å²) in [6.45, 7) is 3.24. The van der Waals surface area contributed by atoms with Gasteiger partial charge >= 0.3 is 0 Å². The summed E-state index contributed by atoms with van der Waals surface area (Å²) in [5.74, 6) is 2.33. The standard InChI is InChI=1S/C15H17BrN4/c1-10-7-11-5-3-4-6-12(11)20(8-10)15-13(16)14(17-2)18-9-19-15/h3-6,9-10H,7-8H2,1-2H3,(H,17,18,19). The van der Waals surface area contributed by atoms with E-state index in [4.69, 9.17) is 0 Å². The first kappa shape index (κ1) is 13.4. The van der Waals surface area contributed by atoms with Gasteiger partial charge < -0.3 is 10.2 Å². The molecule has 1 unspecified atom stereocenters. The highest BCUT2D eigenvalue weighted by molar-refractivity contribution is 9.10. The first-order valence-corrected chi connectivity index (χ1v) is 7.53. The van der Waals surface area contributed by atoms with Gasteiger partial charge in [0.2, 0.25) is 0 Å². The zero-order chi connectivity index (χ0) is 14.1. The minimum absolute atomic E-state index is 0.602. The van der Waals surface area contributed by atoms with Gasteiger partial charge in [0.1, 0.15) is 16.6 Å². The summed E-state index contributed by atoms with van der Waals surface area (Å²) in [5.41, 5.74) is 2.62. The van der Waals surface area contributed by atoms with Gasteiger partial charge in [-0.25, -0.2) is 9.97 Å². The van der Waals surface area contributed by atoms with Crippen molar-refractivity contribution in [3.05, 3.63) is 40.6 Å². The number of para-hydroxylation sites is 1. The fourth-order valence-corrected chi connectivity index (χ4v) is 3.34. The minimum atomic E-state index is 0.602. The van der Waals surface area contributed by atoms with Crippen molar-refractivity contribution in [2.45, 2.75) is 13.3 Å². The topological polar surface area (TPSA) is 41.1 Å². The van der Waals surface area contributed by atoms with Gasteiger partial charge in [0.15, 0.2) is 5.82 Å². The molecule has 0 bridgehead atoms. The molecule has 0 saturated carbocycles. The number of aromatic nitrogens is 2. The van der Waals surface area contributed by atoms with Crippen LogP contribution in [0.3, 0.4) is 0 Å². The van der Waals surface area contributed by atoms with E-state index in [1.54, 1.807) is 6.33 Å². The molecule has 1 aliphatic rings. The van der Waals surface area contributed by atoms with Crippen LogP contribution in [0.4, 0.5) is 17.3 Å². The number of rotatable bonds is 2. The molecule has 0 amide bonds. The number of hydrogen-bond donors (Lipinski definition) is 1. The van der Waals surface area contributed by atoms with Crippen molar-refractivity contribution in [3.8, 4) is 0 Å². The number of fused-ring (bicyclic) bond motifs is 1. The molecule has 1 N–H and O–H groups in total. The zero-order valence-electron chi connectivity index (χ0n) is 11.6. The third-order valence-electron chi connectivity index (χ3n) is 3.61. The van der Waals surface area contributed by atoms with Crippen molar-refractivity contribution in [2.75, 3.05) is 23.8 Å². The monoisotopic (exact) mass is 332 g/mol. The summed E-state index contributed by atoms with van der Waals surface area (Å²) >= 11 is 3.62. The van der Waals surface area contributed by atoms with Crippen LogP contribution < -0.4 is 10.2 Å². The lowest BCUT2D eigenvalue weighted by Gasteiger charge is -2.34. The van der Waals surface area contributed by atoms with Crippen LogP contribution in [-0.4, -0.2) is 23.6 Å². The number of anilines is 3. The van der Waals surface area contributed by atoms with E-state index in [1.807, 2.05) is 7.05 Å². The van der Waals surface area contributed by atoms with Crippen LogP contribution in [0.15, 0.2) is 35.1 Å². The predicted octanol–water partition coefficient (Wildman–Crippen LogP) is 3.61. The number of halogens is 1. The van der Waals surface area contributed by atoms with E-state index >= 15 is 0 Å². The summed E-state index contributed by atoms with van der Waals surface area (Å²) in [7, 11) is 1.86. The molecule has 5 heteroatoms. The Hall–Kier alpha value is -1.62. The first-order chi connectivity index (χ1) is 9.70. The molecular weight excluding hydrogens is 316 g/mol. The molecule has 4 nitrogen and oxygen atoms in total. The van der Waals surface area contributed by atoms with E-state index < -0.39 is 0 Å². The van der Waals surface area contributed by atoms with Crippen molar-refractivity contribution in [1.82, 2.24) is 9.97 Å². The second-order valence-electron chi connectivity index (χ2n) is 5.16. The Labute approximate surface area is 127 Å². The van der Waals surface area contributed by atoms with Crippen LogP contribution >= 0.6 is 15.9 Å². The highest BCUT2D eigenvalue weighted by Crippen LogP contribution is 2.38. The van der Waals surface area contributed by atoms with Crippen LogP contribution in [-0.2, 0) is 6.42 Å². The molecule has 1 atom stereocenters. The third-order valence-corrected chi connectivity index (χ3v) is 4.34. The lowest BCUT2D eigenvalue weighted by molar-refractivity contribution is 0.559. The van der Waals surface area contributed by atoms with Crippen molar-refractivity contribution in [3.63, 3.8) is 0 Å². The predicted molar refractivity (Wildman–Crippen MR) is 85.6 cm³/mol. The summed E-state index contributed by atoms with van der Waals surface area (Å²) in [4.78, 5) is 11.0. The summed E-state index contributed by atoms with van der Waals surface area (Å²) in [6.07, 6.45) is 2.72. The maximum atomic E-state index is 4.47. The molecule has 0 aliphatic carbocycles. The number of nitrogens with zero attached hydrogens (tertiary/aromatic N) is 3. The van der Waals surface area contributed by atoms with Gasteiger partial charge in [-0.2, -0.15) is 0 Å². The quantitative estimate of drug-likeness (QED) is 0.912. The molecule has 1 aromatic heterocycles. The Kier molecular flexibility index (Phi) is 3.61. The van der Waals surface area contributed by atoms with E-state index in [0.29, 0.717) is 5.92 Å². The molecule has 2 aromatic rings. The Balaban J connectivity index is 2.11. The van der Waals surface area contributed by atoms with E-state index in [9.17, 15) is 0 Å². The average Bonchev–Trinajstić information content (AvgIpc) is 2.46. The number of hydrogen-bond acceptors (Lipinski definition) is 4. The van der Waals surface area contributed by atoms with Crippen LogP contribution in [0.25, 0.3) is 0 Å². The molecule has 3 rings (SSSR count). The molecule has 1 aromatic carbocycles. The van der Waals surface area contributed by atoms with E-state index in [2.05, 4.69) is 67.3 Å². The van der Waals surface area contributed by atoms with Gasteiger partial charge in [0.05, 0.1) is 0 Å². The second-order valence-corrected chi connectivity index (χ2v) is 5.95. The molecule has 104 valence electrons. The second kappa shape index (κ2) is 5.40. The SMILES string of the molecule is CNc1ncnc(N2CC(C)Cc3ccccc32)c1Br. The molecular formula is C15H17BrN4. The number of nitrogens with one attached hydrogen (secondary N) is 1. The summed E-state index contributed by atoms with van der Waals surface area (Å²) < 4.78 is 0.909. The van der Waals surface area contributed by atoms with Crippen LogP contribution in [0.1, 0.15) is 12.5 Å². The van der Waals surface area contributed by atoms with Gasteiger partial charge in [-0.15, -0.1) is 0 Å². The lowest BCUT2D eigenvalue weighted by atomic mass is 9.94. The lowest BCUT2D eigenvalue weighted by Crippen LogP contribution is -2.31. The Bertz CT molecular complexity index is 629. The van der Waals surface area contributed by atoms with Crippen molar-refractivity contribution >= 4 is 33.3 Å². The molecule has 0 radical (unpaired) electrons. The van der Waals surface area contributed by atoms with Crippen LogP contribution in [0, 0.1) is 5.92 Å². The van der Waals surface area contributed by atoms with Crippen LogP contribution in [0.5, 0.6) is 0 Å². The normalized spacial score (nSPS) is 17.8. The van der Waals surface area contributed by atoms with Gasteiger partial charge in [-0.1, -0.05) is 25.1 Å². The fourth-order valence-electron chi connectivity index (χ4n) is 2.72. The summed E-state index contributed by atoms with van der Waals surface area (Å²) in [5, 5.41) is 3.09. The van der Waals surface area contributed by atoms with Crippen molar-refractivity contribution < 1.29 is 0 Å². The Morgan fingerprint density at radius 1 is 1.30 bits per heavy atom.